The maximum absolute atomic E-state index is 4.12. The van der Waals surface area contributed by atoms with E-state index in [2.05, 4.69) is 35.9 Å². The van der Waals surface area contributed by atoms with Crippen LogP contribution < -0.4 is 0 Å². The van der Waals surface area contributed by atoms with Gasteiger partial charge < -0.3 is 5.43 Å². The molecule has 1 heterocycles. The van der Waals surface area contributed by atoms with E-state index in [9.17, 15) is 0 Å². The van der Waals surface area contributed by atoms with E-state index >= 15 is 0 Å². The van der Waals surface area contributed by atoms with E-state index in [-0.39, 0.29) is 0 Å². The highest BCUT2D eigenvalue weighted by atomic mass is 15.4. The van der Waals surface area contributed by atoms with Crippen LogP contribution in [0.15, 0.2) is 24.3 Å². The molecule has 2 rings (SSSR count). The summed E-state index contributed by atoms with van der Waals surface area (Å²) in [5.74, 6) is 0. The van der Waals surface area contributed by atoms with Crippen molar-refractivity contribution in [3.05, 3.63) is 40.8 Å². The molecular weight excluding hydrogens is 148 g/mol. The van der Waals surface area contributed by atoms with Gasteiger partial charge in [0.2, 0.25) is 0 Å². The first-order valence-electron chi connectivity index (χ1n) is 4.19. The molecule has 1 aromatic carbocycles. The minimum Gasteiger partial charge on any atom is -0.444 e. The minimum atomic E-state index is 1.01. The average molecular weight is 160 g/mol. The molecule has 0 spiro atoms. The molecule has 0 amide bonds. The summed E-state index contributed by atoms with van der Waals surface area (Å²) in [7, 11) is 1.82. The molecule has 0 unspecified atom stereocenters. The fraction of sp³-hybridized carbons (Fsp3) is 0.300. The summed E-state index contributed by atoms with van der Waals surface area (Å²) >= 11 is 0. The highest BCUT2D eigenvalue weighted by Gasteiger charge is 2.09. The van der Waals surface area contributed by atoms with Gasteiger partial charge in [0.15, 0.2) is 6.21 Å². The van der Waals surface area contributed by atoms with E-state index in [1.54, 1.807) is 0 Å². The molecular formula is C10H12N2. The van der Waals surface area contributed by atoms with Crippen molar-refractivity contribution in [2.75, 3.05) is 13.6 Å². The molecule has 0 saturated heterocycles. The van der Waals surface area contributed by atoms with Crippen LogP contribution in [0.1, 0.15) is 11.1 Å². The Labute approximate surface area is 72.5 Å². The molecule has 62 valence electrons. The molecule has 12 heavy (non-hydrogen) atoms. The van der Waals surface area contributed by atoms with E-state index in [1.807, 2.05) is 11.7 Å². The van der Waals surface area contributed by atoms with Crippen LogP contribution in [0.25, 0.3) is 5.43 Å². The summed E-state index contributed by atoms with van der Waals surface area (Å²) in [5.41, 5.74) is 6.85. The lowest BCUT2D eigenvalue weighted by atomic mass is 10.0. The Hall–Kier alpha value is -1.31. The third kappa shape index (κ3) is 1.20. The second kappa shape index (κ2) is 2.97. The summed E-state index contributed by atoms with van der Waals surface area (Å²) in [6.07, 6.45) is 3.20. The van der Waals surface area contributed by atoms with Crippen molar-refractivity contribution >= 4 is 6.21 Å². The van der Waals surface area contributed by atoms with Gasteiger partial charge in [-0.3, -0.25) is 4.68 Å². The first kappa shape index (κ1) is 7.35. The normalized spacial score (nSPS) is 14.9. The summed E-state index contributed by atoms with van der Waals surface area (Å²) in [6, 6.07) is 8.46. The number of benzene rings is 1. The van der Waals surface area contributed by atoms with E-state index in [1.165, 1.54) is 11.1 Å². The smallest absolute Gasteiger partial charge is 0.166 e. The zero-order valence-electron chi connectivity index (χ0n) is 7.20. The summed E-state index contributed by atoms with van der Waals surface area (Å²) in [6.45, 7) is 1.01. The van der Waals surface area contributed by atoms with E-state index in [4.69, 9.17) is 0 Å². The largest absolute Gasteiger partial charge is 0.444 e. The highest BCUT2D eigenvalue weighted by Crippen LogP contribution is 2.11. The number of rotatable bonds is 1. The lowest BCUT2D eigenvalue weighted by Gasteiger charge is -2.17. The fourth-order valence-corrected chi connectivity index (χ4v) is 1.51. The monoisotopic (exact) mass is 160 g/mol. The zero-order valence-corrected chi connectivity index (χ0v) is 7.20. The van der Waals surface area contributed by atoms with Gasteiger partial charge >= 0.3 is 0 Å². The number of hydrogen-bond donors (Lipinski definition) is 0. The van der Waals surface area contributed by atoms with Gasteiger partial charge in [-0.15, -0.1) is 0 Å². The van der Waals surface area contributed by atoms with Gasteiger partial charge in [0.1, 0.15) is 6.54 Å². The van der Waals surface area contributed by atoms with Crippen molar-refractivity contribution < 1.29 is 4.68 Å². The Kier molecular flexibility index (Phi) is 1.82. The molecule has 0 N–H and O–H groups in total. The summed E-state index contributed by atoms with van der Waals surface area (Å²) in [5, 5.41) is 0. The van der Waals surface area contributed by atoms with Crippen LogP contribution >= 0.6 is 0 Å². The quantitative estimate of drug-likeness (QED) is 0.555. The topological polar surface area (TPSA) is 17.1 Å². The van der Waals surface area contributed by atoms with Crippen molar-refractivity contribution in [3.63, 3.8) is 0 Å². The van der Waals surface area contributed by atoms with Gasteiger partial charge in [-0.2, -0.15) is 0 Å². The van der Waals surface area contributed by atoms with Crippen LogP contribution in [-0.2, 0) is 6.42 Å². The molecule has 2 nitrogen and oxygen atoms in total. The predicted octanol–water partition coefficient (Wildman–Crippen LogP) is 1.59. The molecule has 1 aromatic rings. The molecule has 0 fully saturated rings. The zero-order chi connectivity index (χ0) is 8.39. The van der Waals surface area contributed by atoms with Crippen molar-refractivity contribution in [1.29, 1.82) is 0 Å². The molecule has 0 bridgehead atoms. The van der Waals surface area contributed by atoms with Crippen LogP contribution in [0, 0.1) is 0 Å². The SMILES string of the molecule is C[N-][N+]1=Cc2ccccc2CC1. The first-order chi connectivity index (χ1) is 5.90. The van der Waals surface area contributed by atoms with Gasteiger partial charge in [-0.05, 0) is 11.6 Å². The predicted molar refractivity (Wildman–Crippen MR) is 49.7 cm³/mol. The maximum atomic E-state index is 4.12. The Morgan fingerprint density at radius 1 is 1.33 bits per heavy atom. The molecule has 0 aromatic heterocycles. The first-order valence-corrected chi connectivity index (χ1v) is 4.19. The molecule has 0 radical (unpaired) electrons. The second-order valence-electron chi connectivity index (χ2n) is 2.94. The molecule has 0 atom stereocenters. The van der Waals surface area contributed by atoms with Crippen LogP contribution in [-0.4, -0.2) is 24.5 Å². The van der Waals surface area contributed by atoms with Crippen molar-refractivity contribution in [3.8, 4) is 0 Å². The Bertz CT molecular complexity index is 315. The Balaban J connectivity index is 2.41. The number of hydrogen-bond acceptors (Lipinski definition) is 0. The number of nitrogens with zero attached hydrogens (tertiary/aromatic N) is 2. The van der Waals surface area contributed by atoms with Crippen molar-refractivity contribution in [2.24, 2.45) is 0 Å². The third-order valence-corrected chi connectivity index (χ3v) is 2.21. The second-order valence-corrected chi connectivity index (χ2v) is 2.94. The van der Waals surface area contributed by atoms with Crippen LogP contribution in [0.5, 0.6) is 0 Å². The number of fused-ring (bicyclic) bond motifs is 1. The van der Waals surface area contributed by atoms with Gasteiger partial charge in [0.25, 0.3) is 0 Å². The molecule has 1 aliphatic rings. The van der Waals surface area contributed by atoms with E-state index in [0.717, 1.165) is 13.0 Å². The molecule has 1 aliphatic heterocycles. The lowest BCUT2D eigenvalue weighted by Crippen LogP contribution is -2.18. The van der Waals surface area contributed by atoms with Gasteiger partial charge in [-0.1, -0.05) is 25.2 Å². The average Bonchev–Trinajstić information content (AvgIpc) is 2.17. The van der Waals surface area contributed by atoms with E-state index in [0.29, 0.717) is 0 Å². The van der Waals surface area contributed by atoms with E-state index < -0.39 is 0 Å². The maximum Gasteiger partial charge on any atom is 0.166 e. The Morgan fingerprint density at radius 2 is 2.17 bits per heavy atom. The highest BCUT2D eigenvalue weighted by molar-refractivity contribution is 5.78. The molecule has 0 aliphatic carbocycles. The molecule has 2 heteroatoms. The third-order valence-electron chi connectivity index (χ3n) is 2.21. The van der Waals surface area contributed by atoms with Gasteiger partial charge in [-0.25, -0.2) is 0 Å². The summed E-state index contributed by atoms with van der Waals surface area (Å²) in [4.78, 5) is 0. The van der Waals surface area contributed by atoms with Crippen LogP contribution in [0.3, 0.4) is 0 Å². The Morgan fingerprint density at radius 3 is 3.00 bits per heavy atom. The van der Waals surface area contributed by atoms with Gasteiger partial charge in [0.05, 0.1) is 0 Å². The standard InChI is InChI=1S/C10H12N2/c1-11-12-7-6-9-4-2-3-5-10(9)8-12/h2-5,8H,6-7H2,1H3. The van der Waals surface area contributed by atoms with Crippen molar-refractivity contribution in [1.82, 2.24) is 0 Å². The molecule has 0 saturated carbocycles. The van der Waals surface area contributed by atoms with Crippen LogP contribution in [0.2, 0.25) is 0 Å². The summed E-state index contributed by atoms with van der Waals surface area (Å²) < 4.78 is 1.99. The van der Waals surface area contributed by atoms with Crippen molar-refractivity contribution in [2.45, 2.75) is 6.42 Å². The fourth-order valence-electron chi connectivity index (χ4n) is 1.51. The van der Waals surface area contributed by atoms with Gasteiger partial charge in [0, 0.05) is 12.0 Å². The minimum absolute atomic E-state index is 1.01. The lowest BCUT2D eigenvalue weighted by molar-refractivity contribution is -0.472. The van der Waals surface area contributed by atoms with Crippen LogP contribution in [0.4, 0.5) is 0 Å².